The number of allylic oxidation sites excluding steroid dienone is 1. The van der Waals surface area contributed by atoms with Gasteiger partial charge in [-0.1, -0.05) is 24.3 Å². The van der Waals surface area contributed by atoms with E-state index in [4.69, 9.17) is 0 Å². The van der Waals surface area contributed by atoms with Gasteiger partial charge >= 0.3 is 0 Å². The van der Waals surface area contributed by atoms with Crippen LogP contribution in [0.1, 0.15) is 48.3 Å². The van der Waals surface area contributed by atoms with E-state index >= 15 is 0 Å². The lowest BCUT2D eigenvalue weighted by molar-refractivity contribution is 0.146. The van der Waals surface area contributed by atoms with Crippen molar-refractivity contribution in [3.05, 3.63) is 65.0 Å². The standard InChI is InChI=1S/C23H21F3N6S/c1-12(15-4-3-5-16(19(15)24)20(25)26)28-21-18-10-17(14-6-8-33-9-7-14)23-31-27-11-32(23)22(18)30-13(2)29-21/h3-6,10-12,20H,7-9H2,1-2H3,(H,28,29,30). The summed E-state index contributed by atoms with van der Waals surface area (Å²) in [5.74, 6) is 2.05. The highest BCUT2D eigenvalue weighted by Crippen LogP contribution is 2.34. The molecule has 0 aliphatic carbocycles. The second kappa shape index (κ2) is 8.66. The molecule has 1 aromatic carbocycles. The smallest absolute Gasteiger partial charge is 0.266 e. The fourth-order valence-electron chi connectivity index (χ4n) is 4.14. The molecule has 5 rings (SSSR count). The van der Waals surface area contributed by atoms with Crippen molar-refractivity contribution in [2.45, 2.75) is 32.7 Å². The van der Waals surface area contributed by atoms with Crippen molar-refractivity contribution in [1.82, 2.24) is 24.6 Å². The third-order valence-electron chi connectivity index (χ3n) is 5.77. The van der Waals surface area contributed by atoms with E-state index < -0.39 is 23.8 Å². The van der Waals surface area contributed by atoms with Gasteiger partial charge in [0.05, 0.1) is 17.0 Å². The minimum absolute atomic E-state index is 0.148. The quantitative estimate of drug-likeness (QED) is 0.401. The Morgan fingerprint density at radius 2 is 1.97 bits per heavy atom. The Hall–Kier alpha value is -3.14. The van der Waals surface area contributed by atoms with Crippen LogP contribution in [-0.2, 0) is 0 Å². The fraction of sp³-hybridized carbons (Fsp3) is 0.304. The van der Waals surface area contributed by atoms with E-state index in [1.54, 1.807) is 20.2 Å². The van der Waals surface area contributed by atoms with Crippen LogP contribution < -0.4 is 5.32 Å². The van der Waals surface area contributed by atoms with Crippen LogP contribution in [0.5, 0.6) is 0 Å². The SMILES string of the molecule is Cc1nc(NC(C)c2cccc(C(F)F)c2F)c2cc(C3=CCSCC3)c3nncn3c2n1. The average molecular weight is 471 g/mol. The van der Waals surface area contributed by atoms with Crippen LogP contribution in [0.25, 0.3) is 22.3 Å². The molecular formula is C23H21F3N6S. The van der Waals surface area contributed by atoms with Crippen LogP contribution in [0.3, 0.4) is 0 Å². The maximum absolute atomic E-state index is 14.8. The highest BCUT2D eigenvalue weighted by atomic mass is 32.2. The zero-order valence-corrected chi connectivity index (χ0v) is 18.8. The molecule has 0 bridgehead atoms. The topological polar surface area (TPSA) is 68.0 Å². The number of halogens is 3. The zero-order chi connectivity index (χ0) is 23.1. The monoisotopic (exact) mass is 470 g/mol. The van der Waals surface area contributed by atoms with E-state index in [0.29, 0.717) is 22.9 Å². The number of rotatable bonds is 5. The van der Waals surface area contributed by atoms with Crippen molar-refractivity contribution in [2.75, 3.05) is 16.8 Å². The number of nitrogens with zero attached hydrogens (tertiary/aromatic N) is 5. The van der Waals surface area contributed by atoms with E-state index in [1.165, 1.54) is 17.7 Å². The van der Waals surface area contributed by atoms with Gasteiger partial charge in [-0.2, -0.15) is 11.8 Å². The first-order chi connectivity index (χ1) is 15.9. The summed E-state index contributed by atoms with van der Waals surface area (Å²) in [4.78, 5) is 9.15. The second-order valence-electron chi connectivity index (χ2n) is 7.91. The Kier molecular flexibility index (Phi) is 5.69. The number of aryl methyl sites for hydroxylation is 1. The van der Waals surface area contributed by atoms with Crippen molar-refractivity contribution in [2.24, 2.45) is 0 Å². The minimum atomic E-state index is -2.88. The van der Waals surface area contributed by atoms with Gasteiger partial charge in [0, 0.05) is 16.9 Å². The molecule has 4 aromatic rings. The number of hydrogen-bond acceptors (Lipinski definition) is 6. The predicted octanol–water partition coefficient (Wildman–Crippen LogP) is 5.75. The van der Waals surface area contributed by atoms with E-state index in [9.17, 15) is 13.2 Å². The van der Waals surface area contributed by atoms with Crippen LogP contribution in [0, 0.1) is 12.7 Å². The third kappa shape index (κ3) is 3.92. The number of pyridine rings is 1. The first-order valence-corrected chi connectivity index (χ1v) is 11.7. The molecular weight excluding hydrogens is 449 g/mol. The normalized spacial score (nSPS) is 15.3. The lowest BCUT2D eigenvalue weighted by Gasteiger charge is -2.20. The molecule has 0 fully saturated rings. The molecule has 33 heavy (non-hydrogen) atoms. The predicted molar refractivity (Wildman–Crippen MR) is 124 cm³/mol. The molecule has 1 atom stereocenters. The highest BCUT2D eigenvalue weighted by molar-refractivity contribution is 7.99. The molecule has 4 heterocycles. The summed E-state index contributed by atoms with van der Waals surface area (Å²) in [6, 6.07) is 5.43. The van der Waals surface area contributed by atoms with Gasteiger partial charge in [0.2, 0.25) is 0 Å². The maximum atomic E-state index is 14.8. The Bertz CT molecular complexity index is 1380. The Labute approximate surface area is 192 Å². The molecule has 0 amide bonds. The molecule has 1 aliphatic heterocycles. The van der Waals surface area contributed by atoms with E-state index in [2.05, 4.69) is 31.6 Å². The molecule has 170 valence electrons. The summed E-state index contributed by atoms with van der Waals surface area (Å²) in [7, 11) is 0. The van der Waals surface area contributed by atoms with Gasteiger partial charge in [-0.05, 0) is 37.7 Å². The Morgan fingerprint density at radius 1 is 1.15 bits per heavy atom. The van der Waals surface area contributed by atoms with Gasteiger partial charge in [-0.25, -0.2) is 23.1 Å². The summed E-state index contributed by atoms with van der Waals surface area (Å²) in [5.41, 5.74) is 3.01. The van der Waals surface area contributed by atoms with Crippen molar-refractivity contribution in [3.63, 3.8) is 0 Å². The third-order valence-corrected chi connectivity index (χ3v) is 6.66. The van der Waals surface area contributed by atoms with E-state index in [0.717, 1.165) is 34.9 Å². The minimum Gasteiger partial charge on any atom is -0.363 e. The van der Waals surface area contributed by atoms with Gasteiger partial charge in [0.15, 0.2) is 11.3 Å². The van der Waals surface area contributed by atoms with Gasteiger partial charge in [-0.3, -0.25) is 4.40 Å². The van der Waals surface area contributed by atoms with Crippen molar-refractivity contribution < 1.29 is 13.2 Å². The number of hydrogen-bond donors (Lipinski definition) is 1. The first-order valence-electron chi connectivity index (χ1n) is 10.5. The van der Waals surface area contributed by atoms with Crippen LogP contribution in [0.2, 0.25) is 0 Å². The molecule has 0 radical (unpaired) electrons. The lowest BCUT2D eigenvalue weighted by atomic mass is 10.0. The summed E-state index contributed by atoms with van der Waals surface area (Å²) in [5, 5.41) is 12.3. The lowest BCUT2D eigenvalue weighted by Crippen LogP contribution is -2.13. The molecule has 0 saturated carbocycles. The fourth-order valence-corrected chi connectivity index (χ4v) is 4.99. The largest absolute Gasteiger partial charge is 0.363 e. The number of anilines is 1. The maximum Gasteiger partial charge on any atom is 0.266 e. The summed E-state index contributed by atoms with van der Waals surface area (Å²) >= 11 is 1.87. The first kappa shape index (κ1) is 21.7. The van der Waals surface area contributed by atoms with Crippen molar-refractivity contribution in [3.8, 4) is 0 Å². The number of nitrogens with one attached hydrogen (secondary N) is 1. The highest BCUT2D eigenvalue weighted by Gasteiger charge is 2.22. The molecule has 0 saturated heterocycles. The summed E-state index contributed by atoms with van der Waals surface area (Å²) < 4.78 is 43.0. The zero-order valence-electron chi connectivity index (χ0n) is 18.0. The van der Waals surface area contributed by atoms with Gasteiger partial charge in [-0.15, -0.1) is 10.2 Å². The molecule has 1 unspecified atom stereocenters. The molecule has 0 spiro atoms. The number of benzene rings is 1. The van der Waals surface area contributed by atoms with Gasteiger partial charge in [0.25, 0.3) is 6.43 Å². The van der Waals surface area contributed by atoms with Crippen molar-refractivity contribution >= 4 is 39.8 Å². The molecule has 1 N–H and O–H groups in total. The summed E-state index contributed by atoms with van der Waals surface area (Å²) in [6.07, 6.45) is 1.84. The number of alkyl halides is 2. The molecule has 1 aliphatic rings. The van der Waals surface area contributed by atoms with Crippen molar-refractivity contribution in [1.29, 1.82) is 0 Å². The van der Waals surface area contributed by atoms with E-state index in [-0.39, 0.29) is 5.56 Å². The molecule has 10 heteroatoms. The average Bonchev–Trinajstić information content (AvgIpc) is 3.29. The van der Waals surface area contributed by atoms with Crippen LogP contribution in [0.15, 0.2) is 36.7 Å². The second-order valence-corrected chi connectivity index (χ2v) is 9.06. The van der Waals surface area contributed by atoms with Crippen LogP contribution in [0.4, 0.5) is 19.0 Å². The van der Waals surface area contributed by atoms with Gasteiger partial charge in [0.1, 0.15) is 23.8 Å². The van der Waals surface area contributed by atoms with Crippen LogP contribution >= 0.6 is 11.8 Å². The number of fused-ring (bicyclic) bond motifs is 3. The molecule has 3 aromatic heterocycles. The van der Waals surface area contributed by atoms with Gasteiger partial charge < -0.3 is 5.32 Å². The number of thioether (sulfide) groups is 1. The summed E-state index contributed by atoms with van der Waals surface area (Å²) in [6.45, 7) is 3.48. The van der Waals surface area contributed by atoms with Crippen LogP contribution in [-0.4, -0.2) is 36.1 Å². The van der Waals surface area contributed by atoms with E-state index in [1.807, 2.05) is 22.2 Å². The Morgan fingerprint density at radius 3 is 2.73 bits per heavy atom. The number of aromatic nitrogens is 5. The Balaban J connectivity index is 1.64. The molecule has 6 nitrogen and oxygen atoms in total.